The normalized spacial score (nSPS) is 26.8. The molecule has 1 N–H and O–H groups in total. The molecule has 4 rings (SSSR count). The van der Waals surface area contributed by atoms with Gasteiger partial charge in [0.15, 0.2) is 0 Å². The summed E-state index contributed by atoms with van der Waals surface area (Å²) in [7, 11) is 0. The average molecular weight is 325 g/mol. The van der Waals surface area contributed by atoms with Crippen LogP contribution >= 0.6 is 0 Å². The summed E-state index contributed by atoms with van der Waals surface area (Å²) in [5, 5.41) is 5.52. The Kier molecular flexibility index (Phi) is 4.50. The topological polar surface area (TPSA) is 47.6 Å². The lowest BCUT2D eigenvalue weighted by Gasteiger charge is -2.39. The van der Waals surface area contributed by atoms with Crippen LogP contribution in [0.4, 0.5) is 0 Å². The van der Waals surface area contributed by atoms with Gasteiger partial charge in [-0.2, -0.15) is 0 Å². The van der Waals surface area contributed by atoms with Gasteiger partial charge in [-0.05, 0) is 35.6 Å². The molecule has 2 aliphatic rings. The Labute approximate surface area is 142 Å². The van der Waals surface area contributed by atoms with Gasteiger partial charge >= 0.3 is 0 Å². The monoisotopic (exact) mass is 325 g/mol. The lowest BCUT2D eigenvalue weighted by molar-refractivity contribution is -0.158. The van der Waals surface area contributed by atoms with Gasteiger partial charge in [0, 0.05) is 6.04 Å². The minimum absolute atomic E-state index is 0.0894. The molecule has 0 spiro atoms. The molecule has 126 valence electrons. The fraction of sp³-hybridized carbons (Fsp3) is 0.450. The first-order valence-corrected chi connectivity index (χ1v) is 8.79. The number of hydrogen-bond acceptors (Lipinski definition) is 3. The van der Waals surface area contributed by atoms with E-state index in [1.54, 1.807) is 0 Å². The van der Waals surface area contributed by atoms with Crippen molar-refractivity contribution in [3.05, 3.63) is 48.0 Å². The van der Waals surface area contributed by atoms with E-state index in [1.165, 1.54) is 5.39 Å². The van der Waals surface area contributed by atoms with E-state index in [2.05, 4.69) is 23.5 Å². The SMILES string of the molecule is O=C(Cc1cccc2ccccc12)N[C@@H]1CC[C@@H]2OCCO[C@H]2C1. The zero-order chi connectivity index (χ0) is 16.4. The van der Waals surface area contributed by atoms with E-state index < -0.39 is 0 Å². The number of hydrogen-bond donors (Lipinski definition) is 1. The van der Waals surface area contributed by atoms with Crippen molar-refractivity contribution in [2.45, 2.75) is 43.9 Å². The van der Waals surface area contributed by atoms with E-state index in [9.17, 15) is 4.79 Å². The van der Waals surface area contributed by atoms with Crippen molar-refractivity contribution in [3.8, 4) is 0 Å². The summed E-state index contributed by atoms with van der Waals surface area (Å²) >= 11 is 0. The zero-order valence-corrected chi connectivity index (χ0v) is 13.7. The van der Waals surface area contributed by atoms with Crippen molar-refractivity contribution in [1.29, 1.82) is 0 Å². The van der Waals surface area contributed by atoms with Gasteiger partial charge in [0.05, 0.1) is 31.8 Å². The smallest absolute Gasteiger partial charge is 0.224 e. The van der Waals surface area contributed by atoms with Crippen molar-refractivity contribution in [2.75, 3.05) is 13.2 Å². The fourth-order valence-electron chi connectivity index (χ4n) is 3.90. The summed E-state index contributed by atoms with van der Waals surface area (Å²) < 4.78 is 11.5. The molecule has 0 unspecified atom stereocenters. The highest BCUT2D eigenvalue weighted by molar-refractivity contribution is 5.90. The van der Waals surface area contributed by atoms with E-state index in [1.807, 2.05) is 24.3 Å². The largest absolute Gasteiger partial charge is 0.373 e. The number of benzene rings is 2. The summed E-state index contributed by atoms with van der Waals surface area (Å²) in [6.45, 7) is 1.36. The van der Waals surface area contributed by atoms with Gasteiger partial charge in [-0.3, -0.25) is 4.79 Å². The minimum Gasteiger partial charge on any atom is -0.373 e. The number of carbonyl (C=O) groups is 1. The van der Waals surface area contributed by atoms with E-state index in [0.717, 1.165) is 30.2 Å². The van der Waals surface area contributed by atoms with Gasteiger partial charge in [0.25, 0.3) is 0 Å². The molecule has 1 aliphatic heterocycles. The highest BCUT2D eigenvalue weighted by Crippen LogP contribution is 2.27. The molecular formula is C20H23NO3. The number of amides is 1. The molecule has 0 radical (unpaired) electrons. The lowest BCUT2D eigenvalue weighted by Crippen LogP contribution is -2.49. The van der Waals surface area contributed by atoms with Crippen LogP contribution in [0.15, 0.2) is 42.5 Å². The Balaban J connectivity index is 1.39. The van der Waals surface area contributed by atoms with Crippen LogP contribution in [0, 0.1) is 0 Å². The fourth-order valence-corrected chi connectivity index (χ4v) is 3.90. The molecule has 4 nitrogen and oxygen atoms in total. The molecule has 0 bridgehead atoms. The van der Waals surface area contributed by atoms with Crippen LogP contribution in [-0.2, 0) is 20.7 Å². The van der Waals surface area contributed by atoms with Crippen LogP contribution in [0.1, 0.15) is 24.8 Å². The van der Waals surface area contributed by atoms with E-state index in [0.29, 0.717) is 19.6 Å². The van der Waals surface area contributed by atoms with Gasteiger partial charge in [0.1, 0.15) is 0 Å². The third-order valence-electron chi connectivity index (χ3n) is 5.07. The minimum atomic E-state index is 0.0894. The predicted molar refractivity (Wildman–Crippen MR) is 92.9 cm³/mol. The van der Waals surface area contributed by atoms with Crippen LogP contribution in [0.2, 0.25) is 0 Å². The van der Waals surface area contributed by atoms with Crippen LogP contribution < -0.4 is 5.32 Å². The first kappa shape index (κ1) is 15.6. The predicted octanol–water partition coefficient (Wildman–Crippen LogP) is 2.84. The lowest BCUT2D eigenvalue weighted by atomic mass is 9.89. The number of nitrogens with one attached hydrogen (secondary N) is 1. The second-order valence-corrected chi connectivity index (χ2v) is 6.71. The highest BCUT2D eigenvalue weighted by Gasteiger charge is 2.34. The van der Waals surface area contributed by atoms with Gasteiger partial charge in [-0.1, -0.05) is 42.5 Å². The van der Waals surface area contributed by atoms with E-state index in [-0.39, 0.29) is 24.2 Å². The summed E-state index contributed by atoms with van der Waals surface area (Å²) in [5.74, 6) is 0.0894. The highest BCUT2D eigenvalue weighted by atomic mass is 16.6. The van der Waals surface area contributed by atoms with E-state index in [4.69, 9.17) is 9.47 Å². The van der Waals surface area contributed by atoms with Crippen molar-refractivity contribution >= 4 is 16.7 Å². The van der Waals surface area contributed by atoms with Gasteiger partial charge < -0.3 is 14.8 Å². The summed E-state index contributed by atoms with van der Waals surface area (Å²) in [5.41, 5.74) is 1.08. The first-order valence-electron chi connectivity index (χ1n) is 8.79. The van der Waals surface area contributed by atoms with Crippen molar-refractivity contribution in [3.63, 3.8) is 0 Å². The average Bonchev–Trinajstić information content (AvgIpc) is 2.62. The number of fused-ring (bicyclic) bond motifs is 2. The molecule has 2 aromatic carbocycles. The third-order valence-corrected chi connectivity index (χ3v) is 5.07. The van der Waals surface area contributed by atoms with Crippen LogP contribution in [-0.4, -0.2) is 37.4 Å². The number of ether oxygens (including phenoxy) is 2. The second kappa shape index (κ2) is 6.91. The molecule has 0 aromatic heterocycles. The maximum absolute atomic E-state index is 12.5. The summed E-state index contributed by atoms with van der Waals surface area (Å²) in [6, 6.07) is 14.5. The zero-order valence-electron chi connectivity index (χ0n) is 13.7. The van der Waals surface area contributed by atoms with Crippen LogP contribution in [0.25, 0.3) is 10.8 Å². The molecular weight excluding hydrogens is 302 g/mol. The molecule has 2 aromatic rings. The Morgan fingerprint density at radius 3 is 2.71 bits per heavy atom. The molecule has 2 fully saturated rings. The second-order valence-electron chi connectivity index (χ2n) is 6.71. The maximum Gasteiger partial charge on any atom is 0.224 e. The standard InChI is InChI=1S/C20H23NO3/c22-20(12-15-6-3-5-14-4-1-2-7-17(14)15)21-16-8-9-18-19(13-16)24-11-10-23-18/h1-7,16,18-19H,8-13H2,(H,21,22)/t16-,18+,19+/m1/s1. The Hall–Kier alpha value is -1.91. The number of rotatable bonds is 3. The first-order chi connectivity index (χ1) is 11.8. The molecule has 1 heterocycles. The molecule has 1 saturated carbocycles. The Morgan fingerprint density at radius 1 is 1.00 bits per heavy atom. The third kappa shape index (κ3) is 3.30. The van der Waals surface area contributed by atoms with Gasteiger partial charge in [0.2, 0.25) is 5.91 Å². The molecule has 3 atom stereocenters. The summed E-state index contributed by atoms with van der Waals surface area (Å²) in [4.78, 5) is 12.5. The maximum atomic E-state index is 12.5. The number of carbonyl (C=O) groups excluding carboxylic acids is 1. The van der Waals surface area contributed by atoms with Crippen molar-refractivity contribution < 1.29 is 14.3 Å². The molecule has 24 heavy (non-hydrogen) atoms. The van der Waals surface area contributed by atoms with Gasteiger partial charge in [-0.15, -0.1) is 0 Å². The Morgan fingerprint density at radius 2 is 1.79 bits per heavy atom. The van der Waals surface area contributed by atoms with Crippen molar-refractivity contribution in [1.82, 2.24) is 5.32 Å². The van der Waals surface area contributed by atoms with Crippen LogP contribution in [0.5, 0.6) is 0 Å². The van der Waals surface area contributed by atoms with Gasteiger partial charge in [-0.25, -0.2) is 0 Å². The molecule has 4 heteroatoms. The molecule has 1 amide bonds. The van der Waals surface area contributed by atoms with Crippen molar-refractivity contribution in [2.24, 2.45) is 0 Å². The van der Waals surface area contributed by atoms with Crippen LogP contribution in [0.3, 0.4) is 0 Å². The quantitative estimate of drug-likeness (QED) is 0.944. The van der Waals surface area contributed by atoms with E-state index >= 15 is 0 Å². The molecule has 1 aliphatic carbocycles. The Bertz CT molecular complexity index is 724. The summed E-state index contributed by atoms with van der Waals surface area (Å²) in [6.07, 6.45) is 3.55. The molecule has 1 saturated heterocycles.